The molecule has 0 saturated carbocycles. The number of benzene rings is 2. The van der Waals surface area contributed by atoms with Crippen LogP contribution in [0.3, 0.4) is 0 Å². The highest BCUT2D eigenvalue weighted by Gasteiger charge is 2.18. The summed E-state index contributed by atoms with van der Waals surface area (Å²) >= 11 is 1.32. The van der Waals surface area contributed by atoms with Crippen LogP contribution in [0.1, 0.15) is 0 Å². The molecule has 0 radical (unpaired) electrons. The summed E-state index contributed by atoms with van der Waals surface area (Å²) in [6.45, 7) is 0. The number of rotatable bonds is 7. The molecule has 1 N–H and O–H groups in total. The summed E-state index contributed by atoms with van der Waals surface area (Å²) in [4.78, 5) is 11.7. The number of ether oxygens (including phenoxy) is 2. The second-order valence-electron chi connectivity index (χ2n) is 5.51. The number of aromatic nitrogens is 3. The van der Waals surface area contributed by atoms with Gasteiger partial charge in [-0.3, -0.25) is 9.36 Å². The van der Waals surface area contributed by atoms with Crippen molar-refractivity contribution in [2.45, 2.75) is 5.16 Å². The van der Waals surface area contributed by atoms with Gasteiger partial charge in [-0.25, -0.2) is 0 Å². The molecule has 140 valence electrons. The molecule has 8 heteroatoms. The number of nitrogens with one attached hydrogen (secondary N) is 1. The van der Waals surface area contributed by atoms with E-state index in [1.54, 1.807) is 21.3 Å². The number of hydrogen-bond acceptors (Lipinski definition) is 6. The molecule has 0 aliphatic rings. The minimum atomic E-state index is -0.0804. The topological polar surface area (TPSA) is 78.3 Å². The first-order valence-electron chi connectivity index (χ1n) is 8.24. The van der Waals surface area contributed by atoms with E-state index in [4.69, 9.17) is 9.47 Å². The molecule has 1 amide bonds. The van der Waals surface area contributed by atoms with Gasteiger partial charge in [-0.05, 0) is 12.1 Å². The van der Waals surface area contributed by atoms with Gasteiger partial charge in [0.15, 0.2) is 22.5 Å². The van der Waals surface area contributed by atoms with Gasteiger partial charge in [-0.2, -0.15) is 0 Å². The smallest absolute Gasteiger partial charge is 0.230 e. The molecule has 0 bridgehead atoms. The van der Waals surface area contributed by atoms with Gasteiger partial charge >= 0.3 is 0 Å². The molecular formula is C19H20N4O3S. The maximum atomic E-state index is 11.7. The van der Waals surface area contributed by atoms with Crippen LogP contribution >= 0.6 is 11.8 Å². The van der Waals surface area contributed by atoms with Crippen molar-refractivity contribution in [1.82, 2.24) is 20.1 Å². The lowest BCUT2D eigenvalue weighted by Crippen LogP contribution is -2.20. The lowest BCUT2D eigenvalue weighted by atomic mass is 10.2. The minimum Gasteiger partial charge on any atom is -0.493 e. The first kappa shape index (κ1) is 18.8. The maximum Gasteiger partial charge on any atom is 0.230 e. The Hall–Kier alpha value is -3.00. The van der Waals surface area contributed by atoms with Gasteiger partial charge in [-0.1, -0.05) is 42.1 Å². The standard InChI is InChI=1S/C19H20N4O3S/c1-20-17(24)12-27-19-22-21-18(13-7-5-4-6-8-13)23(19)14-9-10-15(25-2)16(11-14)26-3/h4-11H,12H2,1-3H3,(H,20,24). The van der Waals surface area contributed by atoms with E-state index in [1.165, 1.54) is 11.8 Å². The summed E-state index contributed by atoms with van der Waals surface area (Å²) in [6, 6.07) is 15.4. The third-order valence-corrected chi connectivity index (χ3v) is 4.83. The SMILES string of the molecule is CNC(=O)CSc1nnc(-c2ccccc2)n1-c1ccc(OC)c(OC)c1. The van der Waals surface area contributed by atoms with Crippen molar-refractivity contribution in [3.05, 3.63) is 48.5 Å². The van der Waals surface area contributed by atoms with E-state index >= 15 is 0 Å². The fourth-order valence-corrected chi connectivity index (χ4v) is 3.36. The Labute approximate surface area is 161 Å². The van der Waals surface area contributed by atoms with Gasteiger partial charge in [0.25, 0.3) is 0 Å². The van der Waals surface area contributed by atoms with Crippen LogP contribution in [0.25, 0.3) is 17.1 Å². The van der Waals surface area contributed by atoms with E-state index < -0.39 is 0 Å². The van der Waals surface area contributed by atoms with Crippen LogP contribution in [0, 0.1) is 0 Å². The average molecular weight is 384 g/mol. The number of hydrogen-bond donors (Lipinski definition) is 1. The second kappa shape index (κ2) is 8.59. The molecule has 27 heavy (non-hydrogen) atoms. The van der Waals surface area contributed by atoms with E-state index in [0.717, 1.165) is 11.3 Å². The Morgan fingerprint density at radius 1 is 1.07 bits per heavy atom. The molecule has 0 spiro atoms. The van der Waals surface area contributed by atoms with Crippen LogP contribution in [0.15, 0.2) is 53.7 Å². The van der Waals surface area contributed by atoms with Crippen molar-refractivity contribution in [1.29, 1.82) is 0 Å². The molecule has 2 aromatic carbocycles. The molecule has 1 heterocycles. The van der Waals surface area contributed by atoms with Gasteiger partial charge in [0, 0.05) is 18.7 Å². The summed E-state index contributed by atoms with van der Waals surface area (Å²) in [5.41, 5.74) is 1.74. The molecule has 3 aromatic rings. The highest BCUT2D eigenvalue weighted by atomic mass is 32.2. The Morgan fingerprint density at radius 2 is 1.81 bits per heavy atom. The molecule has 0 atom stereocenters. The zero-order valence-corrected chi connectivity index (χ0v) is 16.1. The average Bonchev–Trinajstić information content (AvgIpc) is 3.15. The Morgan fingerprint density at radius 3 is 2.48 bits per heavy atom. The third-order valence-electron chi connectivity index (χ3n) is 3.90. The van der Waals surface area contributed by atoms with Gasteiger partial charge in [0.05, 0.1) is 25.7 Å². The van der Waals surface area contributed by atoms with Crippen LogP contribution in [0.4, 0.5) is 0 Å². The van der Waals surface area contributed by atoms with Crippen LogP contribution in [0.5, 0.6) is 11.5 Å². The Kier molecular flexibility index (Phi) is 5.97. The fourth-order valence-electron chi connectivity index (χ4n) is 2.54. The number of nitrogens with zero attached hydrogens (tertiary/aromatic N) is 3. The molecule has 0 aliphatic heterocycles. The summed E-state index contributed by atoms with van der Waals surface area (Å²) in [5, 5.41) is 11.9. The van der Waals surface area contributed by atoms with Crippen molar-refractivity contribution < 1.29 is 14.3 Å². The van der Waals surface area contributed by atoms with Crippen molar-refractivity contribution >= 4 is 17.7 Å². The molecular weight excluding hydrogens is 364 g/mol. The Balaban J connectivity index is 2.10. The summed E-state index contributed by atoms with van der Waals surface area (Å²) in [7, 11) is 4.79. The third kappa shape index (κ3) is 4.06. The molecule has 0 unspecified atom stereocenters. The van der Waals surface area contributed by atoms with Crippen LogP contribution in [-0.4, -0.2) is 47.7 Å². The minimum absolute atomic E-state index is 0.0804. The molecule has 0 saturated heterocycles. The van der Waals surface area contributed by atoms with E-state index in [9.17, 15) is 4.79 Å². The fraction of sp³-hybridized carbons (Fsp3) is 0.211. The highest BCUT2D eigenvalue weighted by molar-refractivity contribution is 7.99. The summed E-state index contributed by atoms with van der Waals surface area (Å²) in [6.07, 6.45) is 0. The van der Waals surface area contributed by atoms with E-state index in [1.807, 2.05) is 53.1 Å². The number of carbonyl (C=O) groups is 1. The predicted molar refractivity (Wildman–Crippen MR) is 105 cm³/mol. The van der Waals surface area contributed by atoms with Gasteiger partial charge in [-0.15, -0.1) is 10.2 Å². The maximum absolute atomic E-state index is 11.7. The van der Waals surface area contributed by atoms with Crippen LogP contribution in [0.2, 0.25) is 0 Å². The number of amides is 1. The highest BCUT2D eigenvalue weighted by Crippen LogP contribution is 2.33. The molecule has 1 aromatic heterocycles. The van der Waals surface area contributed by atoms with Crippen molar-refractivity contribution in [3.8, 4) is 28.6 Å². The lowest BCUT2D eigenvalue weighted by molar-refractivity contribution is -0.118. The second-order valence-corrected chi connectivity index (χ2v) is 6.45. The number of methoxy groups -OCH3 is 2. The zero-order valence-electron chi connectivity index (χ0n) is 15.3. The first-order chi connectivity index (χ1) is 13.2. The predicted octanol–water partition coefficient (Wildman–Crippen LogP) is 2.79. The molecule has 3 rings (SSSR count). The molecule has 0 aliphatic carbocycles. The van der Waals surface area contributed by atoms with E-state index in [-0.39, 0.29) is 11.7 Å². The summed E-state index contributed by atoms with van der Waals surface area (Å²) in [5.74, 6) is 2.09. The van der Waals surface area contributed by atoms with Crippen molar-refractivity contribution in [2.75, 3.05) is 27.0 Å². The zero-order chi connectivity index (χ0) is 19.2. The largest absolute Gasteiger partial charge is 0.493 e. The lowest BCUT2D eigenvalue weighted by Gasteiger charge is -2.13. The van der Waals surface area contributed by atoms with E-state index in [2.05, 4.69) is 15.5 Å². The van der Waals surface area contributed by atoms with Gasteiger partial charge in [0.1, 0.15) is 0 Å². The van der Waals surface area contributed by atoms with Crippen molar-refractivity contribution in [2.24, 2.45) is 0 Å². The normalized spacial score (nSPS) is 10.5. The quantitative estimate of drug-likeness (QED) is 0.631. The van der Waals surface area contributed by atoms with E-state index in [0.29, 0.717) is 22.5 Å². The van der Waals surface area contributed by atoms with Gasteiger partial charge < -0.3 is 14.8 Å². The first-order valence-corrected chi connectivity index (χ1v) is 9.23. The molecule has 0 fully saturated rings. The Bertz CT molecular complexity index is 928. The van der Waals surface area contributed by atoms with Crippen LogP contribution < -0.4 is 14.8 Å². The monoisotopic (exact) mass is 384 g/mol. The van der Waals surface area contributed by atoms with Crippen LogP contribution in [-0.2, 0) is 4.79 Å². The number of carbonyl (C=O) groups excluding carboxylic acids is 1. The summed E-state index contributed by atoms with van der Waals surface area (Å²) < 4.78 is 12.7. The van der Waals surface area contributed by atoms with Crippen molar-refractivity contribution in [3.63, 3.8) is 0 Å². The number of thioether (sulfide) groups is 1. The molecule has 7 nitrogen and oxygen atoms in total. The van der Waals surface area contributed by atoms with Gasteiger partial charge in [0.2, 0.25) is 5.91 Å².